The molecule has 2 aromatic heterocycles. The standard InChI is InChI=1S/C22H20F3N5O4/c1-22(26)5-6-29(10-17(22)28-34-2)20-15(25)8-12-18(31)13(21(32)33)9-30(19(12)27-20)16-4-3-11(23)7-14(16)24/h3-4,7-9H,5-6,10,26H2,1-2H3,(H,32,33)/b28-17+. The molecule has 1 aliphatic rings. The number of aromatic carboxylic acids is 1. The van der Waals surface area contributed by atoms with Crippen LogP contribution in [0.4, 0.5) is 19.0 Å². The van der Waals surface area contributed by atoms with Crippen molar-refractivity contribution >= 4 is 28.5 Å². The molecule has 178 valence electrons. The lowest BCUT2D eigenvalue weighted by molar-refractivity contribution is 0.0695. The molecule has 0 saturated carbocycles. The quantitative estimate of drug-likeness (QED) is 0.556. The van der Waals surface area contributed by atoms with Gasteiger partial charge in [0.1, 0.15) is 24.3 Å². The number of anilines is 1. The third-order valence-corrected chi connectivity index (χ3v) is 5.71. The van der Waals surface area contributed by atoms with E-state index in [1.54, 1.807) is 6.92 Å². The highest BCUT2D eigenvalue weighted by Crippen LogP contribution is 2.28. The fraction of sp³-hybridized carbons (Fsp3) is 0.273. The van der Waals surface area contributed by atoms with Crippen molar-refractivity contribution in [3.63, 3.8) is 0 Å². The number of halogens is 3. The van der Waals surface area contributed by atoms with Crippen molar-refractivity contribution in [2.75, 3.05) is 25.1 Å². The number of oxime groups is 1. The number of rotatable bonds is 4. The van der Waals surface area contributed by atoms with Gasteiger partial charge in [0.05, 0.1) is 28.9 Å². The topological polar surface area (TPSA) is 123 Å². The van der Waals surface area contributed by atoms with Crippen LogP contribution in [-0.4, -0.2) is 52.1 Å². The van der Waals surface area contributed by atoms with E-state index in [9.17, 15) is 23.5 Å². The Bertz CT molecular complexity index is 1400. The lowest BCUT2D eigenvalue weighted by atomic mass is 9.89. The average molecular weight is 475 g/mol. The van der Waals surface area contributed by atoms with Crippen LogP contribution in [0.25, 0.3) is 16.7 Å². The lowest BCUT2D eigenvalue weighted by Crippen LogP contribution is -2.56. The van der Waals surface area contributed by atoms with Crippen molar-refractivity contribution in [1.29, 1.82) is 0 Å². The molecule has 9 nitrogen and oxygen atoms in total. The van der Waals surface area contributed by atoms with E-state index in [0.29, 0.717) is 18.2 Å². The highest BCUT2D eigenvalue weighted by molar-refractivity contribution is 5.97. The predicted molar refractivity (Wildman–Crippen MR) is 118 cm³/mol. The number of benzene rings is 1. The molecule has 0 aliphatic carbocycles. The van der Waals surface area contributed by atoms with Crippen molar-refractivity contribution < 1.29 is 27.9 Å². The van der Waals surface area contributed by atoms with E-state index in [-0.39, 0.29) is 35.6 Å². The van der Waals surface area contributed by atoms with Crippen LogP contribution in [0.2, 0.25) is 0 Å². The molecule has 1 aliphatic heterocycles. The number of carboxylic acids is 1. The van der Waals surface area contributed by atoms with Crippen LogP contribution in [0.1, 0.15) is 23.7 Å². The Morgan fingerprint density at radius 1 is 1.26 bits per heavy atom. The molecule has 1 atom stereocenters. The van der Waals surface area contributed by atoms with Gasteiger partial charge >= 0.3 is 5.97 Å². The van der Waals surface area contributed by atoms with E-state index >= 15 is 4.39 Å². The summed E-state index contributed by atoms with van der Waals surface area (Å²) in [6, 6.07) is 3.49. The molecular weight excluding hydrogens is 455 g/mol. The van der Waals surface area contributed by atoms with Gasteiger partial charge in [-0.3, -0.25) is 9.36 Å². The average Bonchev–Trinajstić information content (AvgIpc) is 2.76. The lowest BCUT2D eigenvalue weighted by Gasteiger charge is -2.38. The van der Waals surface area contributed by atoms with Gasteiger partial charge in [0, 0.05) is 18.8 Å². The van der Waals surface area contributed by atoms with Crippen LogP contribution >= 0.6 is 0 Å². The number of carbonyl (C=O) groups is 1. The predicted octanol–water partition coefficient (Wildman–Crippen LogP) is 2.43. The first kappa shape index (κ1) is 23.2. The number of carboxylic acid groups (broad SMARTS) is 1. The summed E-state index contributed by atoms with van der Waals surface area (Å²) in [5.41, 5.74) is 3.69. The molecular formula is C22H20F3N5O4. The maximum absolute atomic E-state index is 15.2. The zero-order valence-electron chi connectivity index (χ0n) is 18.2. The zero-order valence-corrected chi connectivity index (χ0v) is 18.2. The molecule has 1 aromatic carbocycles. The van der Waals surface area contributed by atoms with Gasteiger partial charge in [-0.15, -0.1) is 0 Å². The van der Waals surface area contributed by atoms with Gasteiger partial charge < -0.3 is 20.6 Å². The Morgan fingerprint density at radius 3 is 2.65 bits per heavy atom. The Kier molecular flexibility index (Phi) is 5.77. The molecule has 1 unspecified atom stereocenters. The minimum absolute atomic E-state index is 0.0681. The van der Waals surface area contributed by atoms with Crippen molar-refractivity contribution in [3.05, 3.63) is 63.7 Å². The largest absolute Gasteiger partial charge is 0.477 e. The summed E-state index contributed by atoms with van der Waals surface area (Å²) in [5.74, 6) is -4.54. The SMILES string of the molecule is CO/N=C1\CN(c2nc3c(cc2F)c(=O)c(C(=O)O)cn3-c2ccc(F)cc2F)CCC1(C)N. The molecule has 3 N–H and O–H groups in total. The van der Waals surface area contributed by atoms with Crippen molar-refractivity contribution in [3.8, 4) is 5.69 Å². The maximum Gasteiger partial charge on any atom is 0.341 e. The van der Waals surface area contributed by atoms with Crippen LogP contribution in [0.5, 0.6) is 0 Å². The van der Waals surface area contributed by atoms with Gasteiger partial charge in [-0.2, -0.15) is 0 Å². The van der Waals surface area contributed by atoms with Crippen LogP contribution in [0, 0.1) is 17.5 Å². The number of aromatic nitrogens is 2. The first-order valence-corrected chi connectivity index (χ1v) is 10.1. The van der Waals surface area contributed by atoms with Crippen LogP contribution < -0.4 is 16.1 Å². The molecule has 0 spiro atoms. The van der Waals surface area contributed by atoms with Gasteiger partial charge in [-0.1, -0.05) is 5.16 Å². The normalized spacial score (nSPS) is 19.6. The number of hydrogen-bond donors (Lipinski definition) is 2. The second kappa shape index (κ2) is 8.45. The number of nitrogens with two attached hydrogens (primary N) is 1. The number of pyridine rings is 2. The fourth-order valence-corrected chi connectivity index (χ4v) is 3.82. The Labute approximate surface area is 190 Å². The first-order valence-electron chi connectivity index (χ1n) is 10.1. The number of piperidine rings is 1. The van der Waals surface area contributed by atoms with E-state index in [0.717, 1.165) is 29.0 Å². The first-order chi connectivity index (χ1) is 16.0. The molecule has 34 heavy (non-hydrogen) atoms. The molecule has 0 radical (unpaired) electrons. The van der Waals surface area contributed by atoms with Crippen LogP contribution in [-0.2, 0) is 4.84 Å². The van der Waals surface area contributed by atoms with Crippen molar-refractivity contribution in [2.45, 2.75) is 18.9 Å². The van der Waals surface area contributed by atoms with Crippen molar-refractivity contribution in [1.82, 2.24) is 9.55 Å². The molecule has 3 heterocycles. The highest BCUT2D eigenvalue weighted by Gasteiger charge is 2.35. The number of fused-ring (bicyclic) bond motifs is 1. The van der Waals surface area contributed by atoms with Gasteiger partial charge in [-0.25, -0.2) is 22.9 Å². The molecule has 1 saturated heterocycles. The third-order valence-electron chi connectivity index (χ3n) is 5.71. The zero-order chi connectivity index (χ0) is 24.8. The van der Waals surface area contributed by atoms with E-state index < -0.39 is 40.0 Å². The molecule has 12 heteroatoms. The monoisotopic (exact) mass is 475 g/mol. The smallest absolute Gasteiger partial charge is 0.341 e. The summed E-state index contributed by atoms with van der Waals surface area (Å²) in [5, 5.41) is 13.0. The second-order valence-electron chi connectivity index (χ2n) is 8.12. The summed E-state index contributed by atoms with van der Waals surface area (Å²) in [4.78, 5) is 35.0. The van der Waals surface area contributed by atoms with Gasteiger partial charge in [0.2, 0.25) is 5.43 Å². The number of nitrogens with zero attached hydrogens (tertiary/aromatic N) is 4. The second-order valence-corrected chi connectivity index (χ2v) is 8.12. The van der Waals surface area contributed by atoms with Gasteiger partial charge in [-0.05, 0) is 31.5 Å². The minimum Gasteiger partial charge on any atom is -0.477 e. The molecule has 0 bridgehead atoms. The Morgan fingerprint density at radius 2 is 2.00 bits per heavy atom. The summed E-state index contributed by atoms with van der Waals surface area (Å²) < 4.78 is 44.2. The highest BCUT2D eigenvalue weighted by atomic mass is 19.1. The summed E-state index contributed by atoms with van der Waals surface area (Å²) >= 11 is 0. The summed E-state index contributed by atoms with van der Waals surface area (Å²) in [6.45, 7) is 2.11. The van der Waals surface area contributed by atoms with Crippen LogP contribution in [0.3, 0.4) is 0 Å². The summed E-state index contributed by atoms with van der Waals surface area (Å²) in [6.07, 6.45) is 1.26. The Balaban J connectivity index is 1.96. The van der Waals surface area contributed by atoms with E-state index in [1.807, 2.05) is 0 Å². The minimum atomic E-state index is -1.59. The molecule has 3 aromatic rings. The maximum atomic E-state index is 15.2. The molecule has 4 rings (SSSR count). The molecule has 1 fully saturated rings. The van der Waals surface area contributed by atoms with Crippen molar-refractivity contribution in [2.24, 2.45) is 10.9 Å². The summed E-state index contributed by atoms with van der Waals surface area (Å²) in [7, 11) is 1.35. The van der Waals surface area contributed by atoms with Gasteiger partial charge in [0.15, 0.2) is 17.3 Å². The molecule has 0 amide bonds. The van der Waals surface area contributed by atoms with E-state index in [2.05, 4.69) is 10.1 Å². The van der Waals surface area contributed by atoms with E-state index in [4.69, 9.17) is 10.6 Å². The van der Waals surface area contributed by atoms with Gasteiger partial charge in [0.25, 0.3) is 0 Å². The third kappa shape index (κ3) is 3.96. The van der Waals surface area contributed by atoms with E-state index in [1.165, 1.54) is 12.0 Å². The fourth-order valence-electron chi connectivity index (χ4n) is 3.82. The Hall–Kier alpha value is -3.93. The number of hydrogen-bond acceptors (Lipinski definition) is 7. The van der Waals surface area contributed by atoms with Crippen LogP contribution in [0.15, 0.2) is 40.4 Å².